The predicted octanol–water partition coefficient (Wildman–Crippen LogP) is 2.48. The molecule has 0 unspecified atom stereocenters. The first-order valence-corrected chi connectivity index (χ1v) is 7.35. The van der Waals surface area contributed by atoms with Gasteiger partial charge in [-0.3, -0.25) is 4.90 Å². The SMILES string of the molecule is COCC[C@@H](CN1CCC=C(F)C1)NC(=O)OC(C)(C)C. The number of carbonyl (C=O) groups excluding carboxylic acids is 1. The van der Waals surface area contributed by atoms with Crippen LogP contribution in [0.4, 0.5) is 9.18 Å². The average Bonchev–Trinajstić information content (AvgIpc) is 2.33. The molecule has 0 radical (unpaired) electrons. The summed E-state index contributed by atoms with van der Waals surface area (Å²) >= 11 is 0. The molecular weight excluding hydrogens is 275 g/mol. The minimum atomic E-state index is -0.532. The number of hydrogen-bond acceptors (Lipinski definition) is 4. The molecule has 0 saturated heterocycles. The Balaban J connectivity index is 2.50. The van der Waals surface area contributed by atoms with Crippen LogP contribution in [-0.2, 0) is 9.47 Å². The van der Waals surface area contributed by atoms with Crippen molar-refractivity contribution in [2.24, 2.45) is 0 Å². The van der Waals surface area contributed by atoms with Gasteiger partial charge in [0, 0.05) is 32.8 Å². The highest BCUT2D eigenvalue weighted by atomic mass is 19.1. The van der Waals surface area contributed by atoms with Crippen molar-refractivity contribution in [1.82, 2.24) is 10.2 Å². The summed E-state index contributed by atoms with van der Waals surface area (Å²) < 4.78 is 23.6. The van der Waals surface area contributed by atoms with Crippen LogP contribution in [0, 0.1) is 0 Å². The van der Waals surface area contributed by atoms with Crippen molar-refractivity contribution in [3.8, 4) is 0 Å². The van der Waals surface area contributed by atoms with E-state index in [1.807, 2.05) is 25.7 Å². The lowest BCUT2D eigenvalue weighted by atomic mass is 10.1. The normalized spacial score (nSPS) is 18.0. The van der Waals surface area contributed by atoms with Gasteiger partial charge in [0.15, 0.2) is 0 Å². The van der Waals surface area contributed by atoms with Gasteiger partial charge in [-0.1, -0.05) is 6.08 Å². The predicted molar refractivity (Wildman–Crippen MR) is 79.9 cm³/mol. The molecule has 21 heavy (non-hydrogen) atoms. The van der Waals surface area contributed by atoms with E-state index in [1.165, 1.54) is 0 Å². The highest BCUT2D eigenvalue weighted by Crippen LogP contribution is 2.12. The number of nitrogens with zero attached hydrogens (tertiary/aromatic N) is 1. The number of hydrogen-bond donors (Lipinski definition) is 1. The number of alkyl carbamates (subject to hydrolysis) is 1. The summed E-state index contributed by atoms with van der Waals surface area (Å²) in [5.74, 6) is -0.107. The average molecular weight is 302 g/mol. The third-order valence-corrected chi connectivity index (χ3v) is 3.06. The van der Waals surface area contributed by atoms with Crippen molar-refractivity contribution in [3.05, 3.63) is 11.9 Å². The number of rotatable bonds is 6. The molecule has 1 rings (SSSR count). The summed E-state index contributed by atoms with van der Waals surface area (Å²) in [6.45, 7) is 7.69. The largest absolute Gasteiger partial charge is 0.444 e. The molecule has 0 bridgehead atoms. The second kappa shape index (κ2) is 8.34. The Kier molecular flexibility index (Phi) is 7.11. The van der Waals surface area contributed by atoms with Crippen LogP contribution in [-0.4, -0.2) is 56.0 Å². The van der Waals surface area contributed by atoms with Gasteiger partial charge in [0.2, 0.25) is 0 Å². The van der Waals surface area contributed by atoms with E-state index < -0.39 is 11.7 Å². The monoisotopic (exact) mass is 302 g/mol. The first-order chi connectivity index (χ1) is 9.80. The molecule has 0 aromatic carbocycles. The summed E-state index contributed by atoms with van der Waals surface area (Å²) in [6, 6.07) is -0.120. The second-order valence-electron chi connectivity index (χ2n) is 6.30. The molecule has 1 atom stereocenters. The Morgan fingerprint density at radius 1 is 1.52 bits per heavy atom. The second-order valence-corrected chi connectivity index (χ2v) is 6.30. The van der Waals surface area contributed by atoms with E-state index in [0.29, 0.717) is 32.5 Å². The molecule has 122 valence electrons. The van der Waals surface area contributed by atoms with Crippen molar-refractivity contribution in [2.45, 2.75) is 45.3 Å². The molecule has 5 nitrogen and oxygen atoms in total. The summed E-state index contributed by atoms with van der Waals surface area (Å²) in [5.41, 5.74) is -0.532. The molecule has 0 aliphatic carbocycles. The lowest BCUT2D eigenvalue weighted by molar-refractivity contribution is 0.0477. The molecule has 1 heterocycles. The van der Waals surface area contributed by atoms with Gasteiger partial charge < -0.3 is 14.8 Å². The highest BCUT2D eigenvalue weighted by Gasteiger charge is 2.22. The Morgan fingerprint density at radius 2 is 2.24 bits per heavy atom. The van der Waals surface area contributed by atoms with Gasteiger partial charge in [0.05, 0.1) is 6.54 Å². The fraction of sp³-hybridized carbons (Fsp3) is 0.800. The maximum absolute atomic E-state index is 13.3. The van der Waals surface area contributed by atoms with Crippen LogP contribution in [0.1, 0.15) is 33.6 Å². The van der Waals surface area contributed by atoms with Gasteiger partial charge in [-0.2, -0.15) is 0 Å². The van der Waals surface area contributed by atoms with Gasteiger partial charge in [0.25, 0.3) is 0 Å². The Morgan fingerprint density at radius 3 is 2.81 bits per heavy atom. The van der Waals surface area contributed by atoms with E-state index in [9.17, 15) is 9.18 Å². The fourth-order valence-electron chi connectivity index (χ4n) is 2.17. The summed E-state index contributed by atoms with van der Waals surface area (Å²) in [5, 5.41) is 2.85. The molecule has 1 N–H and O–H groups in total. The standard InChI is InChI=1S/C15H27FN2O3/c1-15(2,3)21-14(19)17-13(7-9-20-4)11-18-8-5-6-12(16)10-18/h6,13H,5,7-11H2,1-4H3,(H,17,19)/t13-/m0/s1. The summed E-state index contributed by atoms with van der Waals surface area (Å²) in [6.07, 6.45) is 2.53. The number of halogens is 1. The van der Waals surface area contributed by atoms with Gasteiger partial charge in [-0.15, -0.1) is 0 Å². The van der Waals surface area contributed by atoms with Crippen molar-refractivity contribution in [2.75, 3.05) is 33.4 Å². The number of carbonyl (C=O) groups is 1. The maximum Gasteiger partial charge on any atom is 0.407 e. The molecule has 0 aromatic rings. The van der Waals surface area contributed by atoms with Crippen LogP contribution in [0.5, 0.6) is 0 Å². The van der Waals surface area contributed by atoms with E-state index in [2.05, 4.69) is 5.32 Å². The molecular formula is C15H27FN2O3. The van der Waals surface area contributed by atoms with E-state index in [0.717, 1.165) is 6.54 Å². The minimum Gasteiger partial charge on any atom is -0.444 e. The zero-order valence-electron chi connectivity index (χ0n) is 13.4. The number of nitrogens with one attached hydrogen (secondary N) is 1. The van der Waals surface area contributed by atoms with Gasteiger partial charge >= 0.3 is 6.09 Å². The number of amides is 1. The van der Waals surface area contributed by atoms with E-state index >= 15 is 0 Å². The first-order valence-electron chi connectivity index (χ1n) is 7.35. The van der Waals surface area contributed by atoms with Crippen LogP contribution in [0.25, 0.3) is 0 Å². The summed E-state index contributed by atoms with van der Waals surface area (Å²) in [4.78, 5) is 13.9. The van der Waals surface area contributed by atoms with Crippen molar-refractivity contribution >= 4 is 6.09 Å². The molecule has 0 saturated carbocycles. The fourth-order valence-corrected chi connectivity index (χ4v) is 2.17. The van der Waals surface area contributed by atoms with Crippen LogP contribution in [0.3, 0.4) is 0 Å². The molecule has 1 aliphatic rings. The third kappa shape index (κ3) is 8.02. The van der Waals surface area contributed by atoms with Gasteiger partial charge in [-0.25, -0.2) is 9.18 Å². The Hall–Kier alpha value is -1.14. The zero-order valence-corrected chi connectivity index (χ0v) is 13.4. The van der Waals surface area contributed by atoms with Crippen LogP contribution in [0.15, 0.2) is 11.9 Å². The van der Waals surface area contributed by atoms with E-state index in [4.69, 9.17) is 9.47 Å². The zero-order chi connectivity index (χ0) is 15.9. The Bertz CT molecular complexity index is 366. The lowest BCUT2D eigenvalue weighted by Crippen LogP contribution is -2.47. The Labute approximate surface area is 126 Å². The van der Waals surface area contributed by atoms with Gasteiger partial charge in [-0.05, 0) is 33.6 Å². The van der Waals surface area contributed by atoms with Crippen molar-refractivity contribution < 1.29 is 18.7 Å². The lowest BCUT2D eigenvalue weighted by Gasteiger charge is -2.30. The van der Waals surface area contributed by atoms with E-state index in [1.54, 1.807) is 13.2 Å². The molecule has 0 fully saturated rings. The quantitative estimate of drug-likeness (QED) is 0.819. The third-order valence-electron chi connectivity index (χ3n) is 3.06. The van der Waals surface area contributed by atoms with Crippen LogP contribution >= 0.6 is 0 Å². The van der Waals surface area contributed by atoms with Gasteiger partial charge in [0.1, 0.15) is 11.4 Å². The minimum absolute atomic E-state index is 0.107. The molecule has 1 aliphatic heterocycles. The first kappa shape index (κ1) is 17.9. The van der Waals surface area contributed by atoms with Crippen LogP contribution in [0.2, 0.25) is 0 Å². The molecule has 0 spiro atoms. The number of ether oxygens (including phenoxy) is 2. The smallest absolute Gasteiger partial charge is 0.407 e. The maximum atomic E-state index is 13.3. The van der Waals surface area contributed by atoms with E-state index in [-0.39, 0.29) is 11.9 Å². The van der Waals surface area contributed by atoms with Crippen molar-refractivity contribution in [1.29, 1.82) is 0 Å². The highest BCUT2D eigenvalue weighted by molar-refractivity contribution is 5.68. The molecule has 0 aromatic heterocycles. The topological polar surface area (TPSA) is 50.8 Å². The molecule has 6 heteroatoms. The van der Waals surface area contributed by atoms with Crippen LogP contribution < -0.4 is 5.32 Å². The number of methoxy groups -OCH3 is 1. The molecule has 1 amide bonds. The van der Waals surface area contributed by atoms with Crippen molar-refractivity contribution in [3.63, 3.8) is 0 Å². The summed E-state index contributed by atoms with van der Waals surface area (Å²) in [7, 11) is 1.62.